The van der Waals surface area contributed by atoms with Gasteiger partial charge in [0.15, 0.2) is 0 Å². The van der Waals surface area contributed by atoms with Crippen molar-refractivity contribution < 1.29 is 4.79 Å². The van der Waals surface area contributed by atoms with E-state index in [4.69, 9.17) is 23.2 Å². The number of benzene rings is 1. The fourth-order valence-electron chi connectivity index (χ4n) is 1.49. The summed E-state index contributed by atoms with van der Waals surface area (Å²) < 4.78 is 0.243. The van der Waals surface area contributed by atoms with Crippen molar-refractivity contribution in [2.24, 2.45) is 0 Å². The smallest absolute Gasteiger partial charge is 0.230 e. The number of halogens is 2. The molecule has 0 bridgehead atoms. The second-order valence-corrected chi connectivity index (χ2v) is 9.27. The van der Waals surface area contributed by atoms with Crippen molar-refractivity contribution in [2.75, 3.05) is 18.1 Å². The molecular weight excluding hydrogens is 345 g/mol. The molecule has 0 fully saturated rings. The summed E-state index contributed by atoms with van der Waals surface area (Å²) in [5, 5.41) is 4.04. The van der Waals surface area contributed by atoms with E-state index in [0.717, 1.165) is 17.1 Å². The van der Waals surface area contributed by atoms with Gasteiger partial charge in [0, 0.05) is 22.8 Å². The number of nitrogens with one attached hydrogen (secondary N) is 1. The van der Waals surface area contributed by atoms with Crippen LogP contribution in [0.4, 0.5) is 0 Å². The molecule has 0 aliphatic carbocycles. The average molecular weight is 366 g/mol. The number of hydrogen-bond acceptors (Lipinski definition) is 3. The van der Waals surface area contributed by atoms with E-state index in [0.29, 0.717) is 22.3 Å². The van der Waals surface area contributed by atoms with Crippen LogP contribution in [0.2, 0.25) is 10.0 Å². The highest BCUT2D eigenvalue weighted by molar-refractivity contribution is 8.00. The Bertz CT molecular complexity index is 475. The molecule has 1 aromatic carbocycles. The van der Waals surface area contributed by atoms with Crippen molar-refractivity contribution in [1.82, 2.24) is 5.32 Å². The number of carbonyl (C=O) groups is 1. The Morgan fingerprint density at radius 2 is 1.95 bits per heavy atom. The minimum absolute atomic E-state index is 0.0783. The highest BCUT2D eigenvalue weighted by Gasteiger charge is 2.10. The summed E-state index contributed by atoms with van der Waals surface area (Å²) >= 11 is 15.2. The lowest BCUT2D eigenvalue weighted by Gasteiger charge is -2.17. The van der Waals surface area contributed by atoms with Crippen LogP contribution >= 0.6 is 46.7 Å². The van der Waals surface area contributed by atoms with Crippen molar-refractivity contribution in [2.45, 2.75) is 31.3 Å². The Hall–Kier alpha value is -0.0300. The molecule has 21 heavy (non-hydrogen) atoms. The Morgan fingerprint density at radius 3 is 2.57 bits per heavy atom. The summed E-state index contributed by atoms with van der Waals surface area (Å²) in [4.78, 5) is 11.7. The standard InChI is InChI=1S/C15H21Cl2NOS2/c1-15(2,3)21-7-6-18-14(19)10-20-9-11-4-5-12(16)13(17)8-11/h4-5,8H,6-7,9-10H2,1-3H3,(H,18,19). The van der Waals surface area contributed by atoms with Crippen LogP contribution in [0.5, 0.6) is 0 Å². The SMILES string of the molecule is CC(C)(C)SCCNC(=O)CSCc1ccc(Cl)c(Cl)c1. The fraction of sp³-hybridized carbons (Fsp3) is 0.533. The molecule has 0 aliphatic heterocycles. The molecule has 0 spiro atoms. The van der Waals surface area contributed by atoms with E-state index in [2.05, 4.69) is 26.1 Å². The molecule has 0 atom stereocenters. The minimum Gasteiger partial charge on any atom is -0.355 e. The average Bonchev–Trinajstić information content (AvgIpc) is 2.38. The maximum Gasteiger partial charge on any atom is 0.230 e. The van der Waals surface area contributed by atoms with Crippen LogP contribution < -0.4 is 5.32 Å². The second-order valence-electron chi connectivity index (χ2n) is 5.55. The molecule has 0 aromatic heterocycles. The van der Waals surface area contributed by atoms with Crippen LogP contribution in [0.1, 0.15) is 26.3 Å². The lowest BCUT2D eigenvalue weighted by atomic mass is 10.2. The van der Waals surface area contributed by atoms with E-state index < -0.39 is 0 Å². The van der Waals surface area contributed by atoms with Gasteiger partial charge in [-0.3, -0.25) is 4.79 Å². The van der Waals surface area contributed by atoms with Crippen molar-refractivity contribution in [3.8, 4) is 0 Å². The fourth-order valence-corrected chi connectivity index (χ4v) is 3.43. The maximum absolute atomic E-state index is 11.7. The van der Waals surface area contributed by atoms with Crippen molar-refractivity contribution >= 4 is 52.6 Å². The molecule has 0 saturated heterocycles. The van der Waals surface area contributed by atoms with Crippen molar-refractivity contribution in [3.63, 3.8) is 0 Å². The molecule has 1 amide bonds. The summed E-state index contributed by atoms with van der Waals surface area (Å²) in [7, 11) is 0. The van der Waals surface area contributed by atoms with E-state index in [1.165, 1.54) is 0 Å². The van der Waals surface area contributed by atoms with E-state index in [1.807, 2.05) is 23.9 Å². The van der Waals surface area contributed by atoms with Crippen LogP contribution in [-0.4, -0.2) is 28.7 Å². The zero-order chi connectivity index (χ0) is 15.9. The number of rotatable bonds is 7. The zero-order valence-electron chi connectivity index (χ0n) is 12.5. The van der Waals surface area contributed by atoms with Crippen LogP contribution in [0.15, 0.2) is 18.2 Å². The molecule has 1 rings (SSSR count). The highest BCUT2D eigenvalue weighted by Crippen LogP contribution is 2.24. The lowest BCUT2D eigenvalue weighted by Crippen LogP contribution is -2.28. The summed E-state index contributed by atoms with van der Waals surface area (Å²) in [5.41, 5.74) is 1.07. The molecule has 118 valence electrons. The number of thioether (sulfide) groups is 2. The van der Waals surface area contributed by atoms with Gasteiger partial charge >= 0.3 is 0 Å². The molecule has 0 unspecified atom stereocenters. The molecule has 2 nitrogen and oxygen atoms in total. The number of carbonyl (C=O) groups excluding carboxylic acids is 1. The van der Waals surface area contributed by atoms with Gasteiger partial charge in [0.2, 0.25) is 5.91 Å². The Kier molecular flexibility index (Phi) is 8.32. The van der Waals surface area contributed by atoms with E-state index in [9.17, 15) is 4.79 Å². The first kappa shape index (κ1) is 19.0. The third-order valence-corrected chi connectivity index (χ3v) is 5.46. The normalized spacial score (nSPS) is 11.5. The van der Waals surface area contributed by atoms with Gasteiger partial charge in [-0.2, -0.15) is 11.8 Å². The van der Waals surface area contributed by atoms with Gasteiger partial charge in [-0.05, 0) is 17.7 Å². The number of hydrogen-bond donors (Lipinski definition) is 1. The monoisotopic (exact) mass is 365 g/mol. The molecule has 0 radical (unpaired) electrons. The Balaban J connectivity index is 2.17. The second kappa shape index (κ2) is 9.19. The molecule has 0 heterocycles. The quantitative estimate of drug-likeness (QED) is 0.698. The summed E-state index contributed by atoms with van der Waals surface area (Å²) in [5.74, 6) is 2.23. The van der Waals surface area contributed by atoms with Gasteiger partial charge in [-0.1, -0.05) is 50.0 Å². The van der Waals surface area contributed by atoms with Gasteiger partial charge in [-0.25, -0.2) is 0 Å². The van der Waals surface area contributed by atoms with Crippen LogP contribution in [0.25, 0.3) is 0 Å². The first-order valence-corrected chi connectivity index (χ1v) is 9.60. The van der Waals surface area contributed by atoms with Crippen LogP contribution in [-0.2, 0) is 10.5 Å². The Labute approximate surface area is 145 Å². The van der Waals surface area contributed by atoms with Gasteiger partial charge in [0.25, 0.3) is 0 Å². The molecule has 0 aliphatic rings. The van der Waals surface area contributed by atoms with Gasteiger partial charge < -0.3 is 5.32 Å². The minimum atomic E-state index is 0.0783. The molecule has 1 N–H and O–H groups in total. The first-order chi connectivity index (χ1) is 9.78. The highest BCUT2D eigenvalue weighted by atomic mass is 35.5. The summed E-state index contributed by atoms with van der Waals surface area (Å²) in [6, 6.07) is 5.55. The lowest BCUT2D eigenvalue weighted by molar-refractivity contribution is -0.118. The largest absolute Gasteiger partial charge is 0.355 e. The van der Waals surface area contributed by atoms with Gasteiger partial charge in [0.1, 0.15) is 0 Å². The summed E-state index contributed by atoms with van der Waals surface area (Å²) in [6.45, 7) is 7.24. The number of amides is 1. The van der Waals surface area contributed by atoms with Gasteiger partial charge in [0.05, 0.1) is 15.8 Å². The third kappa shape index (κ3) is 8.87. The predicted octanol–water partition coefficient (Wildman–Crippen LogP) is 4.87. The van der Waals surface area contributed by atoms with E-state index >= 15 is 0 Å². The topological polar surface area (TPSA) is 29.1 Å². The van der Waals surface area contributed by atoms with Crippen molar-refractivity contribution in [1.29, 1.82) is 0 Å². The van der Waals surface area contributed by atoms with Crippen molar-refractivity contribution in [3.05, 3.63) is 33.8 Å². The zero-order valence-corrected chi connectivity index (χ0v) is 15.7. The molecule has 1 aromatic rings. The van der Waals surface area contributed by atoms with E-state index in [1.54, 1.807) is 17.8 Å². The van der Waals surface area contributed by atoms with Crippen LogP contribution in [0.3, 0.4) is 0 Å². The molecule has 6 heteroatoms. The first-order valence-electron chi connectivity index (χ1n) is 6.70. The maximum atomic E-state index is 11.7. The molecule has 0 saturated carbocycles. The van der Waals surface area contributed by atoms with Crippen LogP contribution in [0, 0.1) is 0 Å². The van der Waals surface area contributed by atoms with E-state index in [-0.39, 0.29) is 10.7 Å². The Morgan fingerprint density at radius 1 is 1.24 bits per heavy atom. The molecular formula is C15H21Cl2NOS2. The summed E-state index contributed by atoms with van der Waals surface area (Å²) in [6.07, 6.45) is 0. The third-order valence-electron chi connectivity index (χ3n) is 2.45. The van der Waals surface area contributed by atoms with Gasteiger partial charge in [-0.15, -0.1) is 11.8 Å². The predicted molar refractivity (Wildman–Crippen MR) is 97.8 cm³/mol.